The molecule has 2 aromatic heterocycles. The molecule has 6 nitrogen and oxygen atoms in total. The number of hydrogen-bond donors (Lipinski definition) is 1. The Morgan fingerprint density at radius 2 is 2.00 bits per heavy atom. The number of amides is 1. The van der Waals surface area contributed by atoms with Crippen molar-refractivity contribution in [2.75, 3.05) is 18.0 Å². The van der Waals surface area contributed by atoms with E-state index in [4.69, 9.17) is 0 Å². The summed E-state index contributed by atoms with van der Waals surface area (Å²) >= 11 is 0. The maximum Gasteiger partial charge on any atom is 0.225 e. The molecule has 6 heteroatoms. The van der Waals surface area contributed by atoms with Crippen LogP contribution in [0.5, 0.6) is 0 Å². The molecule has 0 unspecified atom stereocenters. The highest BCUT2D eigenvalue weighted by Crippen LogP contribution is 2.20. The molecule has 1 atom stereocenters. The molecule has 0 spiro atoms. The van der Waals surface area contributed by atoms with Crippen LogP contribution in [0.25, 0.3) is 0 Å². The summed E-state index contributed by atoms with van der Waals surface area (Å²) in [5, 5.41) is 2.97. The molecule has 0 aliphatic carbocycles. The Labute approximate surface area is 129 Å². The zero-order chi connectivity index (χ0) is 15.2. The Bertz CT molecular complexity index is 604. The van der Waals surface area contributed by atoms with Gasteiger partial charge < -0.3 is 10.2 Å². The summed E-state index contributed by atoms with van der Waals surface area (Å²) in [4.78, 5) is 27.2. The molecule has 1 saturated heterocycles. The summed E-state index contributed by atoms with van der Waals surface area (Å²) in [6, 6.07) is 7.49. The molecule has 0 aromatic carbocycles. The van der Waals surface area contributed by atoms with Gasteiger partial charge in [0.05, 0.1) is 18.2 Å². The van der Waals surface area contributed by atoms with Crippen LogP contribution >= 0.6 is 0 Å². The van der Waals surface area contributed by atoms with Gasteiger partial charge in [0.25, 0.3) is 0 Å². The lowest BCUT2D eigenvalue weighted by Gasteiger charge is -2.31. The highest BCUT2D eigenvalue weighted by molar-refractivity contribution is 5.79. The van der Waals surface area contributed by atoms with E-state index >= 15 is 0 Å². The van der Waals surface area contributed by atoms with Crippen LogP contribution in [-0.4, -0.2) is 33.9 Å². The molecule has 0 saturated carbocycles. The lowest BCUT2D eigenvalue weighted by atomic mass is 9.97. The van der Waals surface area contributed by atoms with Crippen molar-refractivity contribution in [1.29, 1.82) is 0 Å². The van der Waals surface area contributed by atoms with Gasteiger partial charge in [0.15, 0.2) is 0 Å². The molecule has 22 heavy (non-hydrogen) atoms. The Kier molecular flexibility index (Phi) is 4.58. The number of carbonyl (C=O) groups is 1. The number of nitrogens with zero attached hydrogens (tertiary/aromatic N) is 4. The van der Waals surface area contributed by atoms with E-state index in [-0.39, 0.29) is 11.8 Å². The van der Waals surface area contributed by atoms with Crippen molar-refractivity contribution >= 4 is 11.9 Å². The van der Waals surface area contributed by atoms with Crippen LogP contribution < -0.4 is 10.2 Å². The van der Waals surface area contributed by atoms with Crippen LogP contribution in [-0.2, 0) is 11.3 Å². The van der Waals surface area contributed by atoms with E-state index in [1.54, 1.807) is 24.7 Å². The van der Waals surface area contributed by atoms with Gasteiger partial charge in [0, 0.05) is 31.7 Å². The Balaban J connectivity index is 1.56. The minimum Gasteiger partial charge on any atom is -0.350 e. The minimum atomic E-state index is -0.0266. The van der Waals surface area contributed by atoms with E-state index < -0.39 is 0 Å². The van der Waals surface area contributed by atoms with E-state index in [2.05, 4.69) is 25.2 Å². The predicted octanol–water partition coefficient (Wildman–Crippen LogP) is 1.40. The van der Waals surface area contributed by atoms with Gasteiger partial charge in [-0.05, 0) is 31.0 Å². The van der Waals surface area contributed by atoms with Crippen molar-refractivity contribution in [3.63, 3.8) is 0 Å². The number of hydrogen-bond acceptors (Lipinski definition) is 5. The molecule has 114 valence electrons. The second kappa shape index (κ2) is 6.98. The average molecular weight is 297 g/mol. The van der Waals surface area contributed by atoms with Gasteiger partial charge in [-0.2, -0.15) is 0 Å². The van der Waals surface area contributed by atoms with Crippen LogP contribution in [0.15, 0.2) is 42.9 Å². The zero-order valence-electron chi connectivity index (χ0n) is 12.4. The summed E-state index contributed by atoms with van der Waals surface area (Å²) in [6.07, 6.45) is 7.06. The highest BCUT2D eigenvalue weighted by Gasteiger charge is 2.26. The maximum absolute atomic E-state index is 12.3. The first kappa shape index (κ1) is 14.4. The van der Waals surface area contributed by atoms with Gasteiger partial charge in [-0.15, -0.1) is 0 Å². The molecule has 1 N–H and O–H groups in total. The molecule has 3 heterocycles. The van der Waals surface area contributed by atoms with Crippen LogP contribution in [0.4, 0.5) is 5.95 Å². The zero-order valence-corrected chi connectivity index (χ0v) is 12.4. The van der Waals surface area contributed by atoms with E-state index in [0.717, 1.165) is 25.1 Å². The van der Waals surface area contributed by atoms with Crippen molar-refractivity contribution in [3.8, 4) is 0 Å². The van der Waals surface area contributed by atoms with Crippen molar-refractivity contribution in [1.82, 2.24) is 20.3 Å². The van der Waals surface area contributed by atoms with Gasteiger partial charge in [0.1, 0.15) is 0 Å². The number of piperidine rings is 1. The molecule has 1 fully saturated rings. The largest absolute Gasteiger partial charge is 0.350 e. The first-order chi connectivity index (χ1) is 10.8. The quantitative estimate of drug-likeness (QED) is 0.924. The predicted molar refractivity (Wildman–Crippen MR) is 83.1 cm³/mol. The number of carbonyl (C=O) groups excluding carboxylic acids is 1. The van der Waals surface area contributed by atoms with E-state index in [1.807, 2.05) is 18.2 Å². The van der Waals surface area contributed by atoms with E-state index in [0.29, 0.717) is 19.0 Å². The van der Waals surface area contributed by atoms with Gasteiger partial charge in [0.2, 0.25) is 11.9 Å². The monoisotopic (exact) mass is 297 g/mol. The average Bonchev–Trinajstić information content (AvgIpc) is 2.61. The summed E-state index contributed by atoms with van der Waals surface area (Å²) in [7, 11) is 0. The fraction of sp³-hybridized carbons (Fsp3) is 0.375. The fourth-order valence-corrected chi connectivity index (χ4v) is 2.65. The summed E-state index contributed by atoms with van der Waals surface area (Å²) in [6.45, 7) is 2.03. The molecule has 1 amide bonds. The number of pyridine rings is 1. The Morgan fingerprint density at radius 1 is 1.18 bits per heavy atom. The normalized spacial score (nSPS) is 18.0. The van der Waals surface area contributed by atoms with E-state index in [1.165, 1.54) is 0 Å². The molecular formula is C16H19N5O. The fourth-order valence-electron chi connectivity index (χ4n) is 2.65. The molecular weight excluding hydrogens is 278 g/mol. The first-order valence-corrected chi connectivity index (χ1v) is 7.52. The van der Waals surface area contributed by atoms with Gasteiger partial charge in [-0.3, -0.25) is 9.78 Å². The third-order valence-electron chi connectivity index (χ3n) is 3.80. The number of nitrogens with one attached hydrogen (secondary N) is 1. The first-order valence-electron chi connectivity index (χ1n) is 7.52. The Hall–Kier alpha value is -2.50. The summed E-state index contributed by atoms with van der Waals surface area (Å²) in [5.74, 6) is 0.747. The number of anilines is 1. The Morgan fingerprint density at radius 3 is 2.77 bits per heavy atom. The highest BCUT2D eigenvalue weighted by atomic mass is 16.1. The summed E-state index contributed by atoms with van der Waals surface area (Å²) < 4.78 is 0. The minimum absolute atomic E-state index is 0.0266. The molecule has 0 bridgehead atoms. The third-order valence-corrected chi connectivity index (χ3v) is 3.80. The number of rotatable bonds is 4. The van der Waals surface area contributed by atoms with Gasteiger partial charge >= 0.3 is 0 Å². The van der Waals surface area contributed by atoms with Crippen molar-refractivity contribution in [2.24, 2.45) is 5.92 Å². The molecule has 3 rings (SSSR count). The van der Waals surface area contributed by atoms with E-state index in [9.17, 15) is 4.79 Å². The van der Waals surface area contributed by atoms with Crippen molar-refractivity contribution < 1.29 is 4.79 Å². The molecule has 2 aromatic rings. The number of aromatic nitrogens is 3. The van der Waals surface area contributed by atoms with Crippen LogP contribution in [0.1, 0.15) is 18.5 Å². The SMILES string of the molecule is O=C(NCc1ccccn1)[C@@H]1CCCN(c2ncccn2)C1. The molecule has 1 aliphatic heterocycles. The van der Waals surface area contributed by atoms with Crippen molar-refractivity contribution in [3.05, 3.63) is 48.5 Å². The van der Waals surface area contributed by atoms with Crippen molar-refractivity contribution in [2.45, 2.75) is 19.4 Å². The van der Waals surface area contributed by atoms with Gasteiger partial charge in [-0.25, -0.2) is 9.97 Å². The maximum atomic E-state index is 12.3. The third kappa shape index (κ3) is 3.58. The lowest BCUT2D eigenvalue weighted by molar-refractivity contribution is -0.125. The molecule has 1 aliphatic rings. The summed E-state index contributed by atoms with van der Waals surface area (Å²) in [5.41, 5.74) is 0.870. The topological polar surface area (TPSA) is 71.0 Å². The standard InChI is InChI=1S/C16H19N5O/c22-15(20-11-14-6-1-2-7-17-14)13-5-3-10-21(12-13)16-18-8-4-9-19-16/h1-2,4,6-9,13H,3,5,10-12H2,(H,20,22)/t13-/m1/s1. The smallest absolute Gasteiger partial charge is 0.225 e. The van der Waals surface area contributed by atoms with Crippen LogP contribution in [0, 0.1) is 5.92 Å². The lowest BCUT2D eigenvalue weighted by Crippen LogP contribution is -2.43. The molecule has 0 radical (unpaired) electrons. The second-order valence-corrected chi connectivity index (χ2v) is 5.37. The van der Waals surface area contributed by atoms with Crippen LogP contribution in [0.2, 0.25) is 0 Å². The van der Waals surface area contributed by atoms with Crippen LogP contribution in [0.3, 0.4) is 0 Å². The van der Waals surface area contributed by atoms with Gasteiger partial charge in [-0.1, -0.05) is 6.07 Å². The second-order valence-electron chi connectivity index (χ2n) is 5.37.